The molecule has 0 amide bonds. The third-order valence-corrected chi connectivity index (χ3v) is 2.95. The highest BCUT2D eigenvalue weighted by molar-refractivity contribution is 5.93. The number of amidine groups is 1. The summed E-state index contributed by atoms with van der Waals surface area (Å²) in [6.45, 7) is 10.2. The van der Waals surface area contributed by atoms with Crippen LogP contribution in [0.25, 0.3) is 0 Å². The van der Waals surface area contributed by atoms with Crippen LogP contribution >= 0.6 is 0 Å². The Balaban J connectivity index is 2.53. The lowest BCUT2D eigenvalue weighted by atomic mass is 10.2. The van der Waals surface area contributed by atoms with Gasteiger partial charge in [-0.3, -0.25) is 15.3 Å². The zero-order chi connectivity index (χ0) is 14.4. The van der Waals surface area contributed by atoms with Crippen molar-refractivity contribution in [2.45, 2.75) is 39.8 Å². The molecule has 5 heteroatoms. The number of pyridine rings is 1. The van der Waals surface area contributed by atoms with Gasteiger partial charge in [0, 0.05) is 30.9 Å². The molecule has 0 aliphatic rings. The Morgan fingerprint density at radius 3 is 2.53 bits per heavy atom. The van der Waals surface area contributed by atoms with Crippen LogP contribution in [-0.2, 0) is 0 Å². The van der Waals surface area contributed by atoms with Crippen LogP contribution in [0.4, 0.5) is 0 Å². The molecule has 5 nitrogen and oxygen atoms in total. The molecule has 106 valence electrons. The van der Waals surface area contributed by atoms with Crippen molar-refractivity contribution in [2.75, 3.05) is 13.2 Å². The minimum absolute atomic E-state index is 0.0450. The fourth-order valence-electron chi connectivity index (χ4n) is 2.03. The smallest absolute Gasteiger partial charge is 0.141 e. The van der Waals surface area contributed by atoms with Crippen LogP contribution in [0.15, 0.2) is 18.3 Å². The van der Waals surface area contributed by atoms with Crippen molar-refractivity contribution >= 4 is 5.84 Å². The van der Waals surface area contributed by atoms with E-state index in [1.165, 1.54) is 0 Å². The monoisotopic (exact) mass is 264 g/mol. The minimum atomic E-state index is -0.0450. The molecule has 0 aromatic carbocycles. The van der Waals surface area contributed by atoms with Crippen LogP contribution < -0.4 is 10.5 Å². The predicted octanol–water partition coefficient (Wildman–Crippen LogP) is 1.86. The summed E-state index contributed by atoms with van der Waals surface area (Å²) in [5.41, 5.74) is 5.84. The van der Waals surface area contributed by atoms with E-state index in [2.05, 4.69) is 37.6 Å². The van der Waals surface area contributed by atoms with Gasteiger partial charge in [0.05, 0.1) is 0 Å². The standard InChI is InChI=1S/C14H24N4O/c1-10(2)18(11(3)4)7-8-19-12-5-6-17-13(9-12)14(15)16/h5-6,9-11H,7-8H2,1-4H3,(H3,15,16). The Kier molecular flexibility index (Phi) is 5.76. The normalized spacial score (nSPS) is 11.3. The van der Waals surface area contributed by atoms with E-state index in [-0.39, 0.29) is 5.84 Å². The Hall–Kier alpha value is -1.62. The average molecular weight is 264 g/mol. The minimum Gasteiger partial charge on any atom is -0.492 e. The van der Waals surface area contributed by atoms with Crippen molar-refractivity contribution in [3.8, 4) is 5.75 Å². The highest BCUT2D eigenvalue weighted by atomic mass is 16.5. The highest BCUT2D eigenvalue weighted by Gasteiger charge is 2.12. The molecule has 0 fully saturated rings. The van der Waals surface area contributed by atoms with Crippen LogP contribution in [0.3, 0.4) is 0 Å². The topological polar surface area (TPSA) is 75.2 Å². The molecule has 0 atom stereocenters. The van der Waals surface area contributed by atoms with E-state index >= 15 is 0 Å². The molecule has 0 saturated carbocycles. The Labute approximate surface area is 115 Å². The summed E-state index contributed by atoms with van der Waals surface area (Å²) in [7, 11) is 0. The van der Waals surface area contributed by atoms with Crippen LogP contribution in [0, 0.1) is 5.41 Å². The second-order valence-corrected chi connectivity index (χ2v) is 5.06. The Morgan fingerprint density at radius 2 is 2.00 bits per heavy atom. The first-order chi connectivity index (χ1) is 8.91. The van der Waals surface area contributed by atoms with Gasteiger partial charge < -0.3 is 10.5 Å². The SMILES string of the molecule is CC(C)N(CCOc1ccnc(C(=N)N)c1)C(C)C. The average Bonchev–Trinajstić information content (AvgIpc) is 2.34. The molecule has 0 bridgehead atoms. The summed E-state index contributed by atoms with van der Waals surface area (Å²) < 4.78 is 5.69. The zero-order valence-corrected chi connectivity index (χ0v) is 12.2. The van der Waals surface area contributed by atoms with Crippen LogP contribution in [0.2, 0.25) is 0 Å². The Morgan fingerprint density at radius 1 is 1.37 bits per heavy atom. The predicted molar refractivity (Wildman–Crippen MR) is 77.7 cm³/mol. The number of hydrogen-bond acceptors (Lipinski definition) is 4. The van der Waals surface area contributed by atoms with Gasteiger partial charge in [-0.25, -0.2) is 0 Å². The fraction of sp³-hybridized carbons (Fsp3) is 0.571. The zero-order valence-electron chi connectivity index (χ0n) is 12.2. The maximum absolute atomic E-state index is 7.34. The molecule has 0 aliphatic carbocycles. The molecule has 0 saturated heterocycles. The van der Waals surface area contributed by atoms with Gasteiger partial charge in [-0.1, -0.05) is 0 Å². The summed E-state index contributed by atoms with van der Waals surface area (Å²) in [6, 6.07) is 4.46. The molecule has 3 N–H and O–H groups in total. The lowest BCUT2D eigenvalue weighted by molar-refractivity contribution is 0.142. The van der Waals surface area contributed by atoms with Crippen molar-refractivity contribution in [3.63, 3.8) is 0 Å². The number of nitrogen functional groups attached to an aromatic ring is 1. The number of nitrogens with one attached hydrogen (secondary N) is 1. The molecular weight excluding hydrogens is 240 g/mol. The van der Waals surface area contributed by atoms with Gasteiger partial charge in [-0.05, 0) is 33.8 Å². The lowest BCUT2D eigenvalue weighted by Gasteiger charge is -2.30. The first-order valence-electron chi connectivity index (χ1n) is 6.60. The van der Waals surface area contributed by atoms with Crippen molar-refractivity contribution in [1.82, 2.24) is 9.88 Å². The van der Waals surface area contributed by atoms with Gasteiger partial charge in [-0.15, -0.1) is 0 Å². The van der Waals surface area contributed by atoms with Crippen molar-refractivity contribution < 1.29 is 4.74 Å². The molecule has 0 unspecified atom stereocenters. The summed E-state index contributed by atoms with van der Waals surface area (Å²) in [4.78, 5) is 6.37. The van der Waals surface area contributed by atoms with E-state index in [9.17, 15) is 0 Å². The molecule has 1 rings (SSSR count). The second kappa shape index (κ2) is 7.09. The number of rotatable bonds is 7. The second-order valence-electron chi connectivity index (χ2n) is 5.06. The molecule has 1 heterocycles. The van der Waals surface area contributed by atoms with Gasteiger partial charge in [0.15, 0.2) is 0 Å². The number of ether oxygens (including phenoxy) is 1. The number of aromatic nitrogens is 1. The van der Waals surface area contributed by atoms with Crippen LogP contribution in [0.5, 0.6) is 5.75 Å². The quantitative estimate of drug-likeness (QED) is 0.582. The van der Waals surface area contributed by atoms with Gasteiger partial charge in [-0.2, -0.15) is 0 Å². The van der Waals surface area contributed by atoms with Crippen molar-refractivity contribution in [3.05, 3.63) is 24.0 Å². The van der Waals surface area contributed by atoms with Crippen LogP contribution in [0.1, 0.15) is 33.4 Å². The third kappa shape index (κ3) is 4.87. The molecule has 1 aromatic rings. The van der Waals surface area contributed by atoms with E-state index in [0.717, 1.165) is 6.54 Å². The molecular formula is C14H24N4O. The van der Waals surface area contributed by atoms with Gasteiger partial charge in [0.25, 0.3) is 0 Å². The fourth-order valence-corrected chi connectivity index (χ4v) is 2.03. The maximum Gasteiger partial charge on any atom is 0.141 e. The molecule has 1 aromatic heterocycles. The lowest BCUT2D eigenvalue weighted by Crippen LogP contribution is -2.39. The van der Waals surface area contributed by atoms with Crippen LogP contribution in [-0.4, -0.2) is 41.0 Å². The number of hydrogen-bond donors (Lipinski definition) is 2. The first kappa shape index (κ1) is 15.4. The van der Waals surface area contributed by atoms with E-state index < -0.39 is 0 Å². The number of nitrogens with two attached hydrogens (primary N) is 1. The highest BCUT2D eigenvalue weighted by Crippen LogP contribution is 2.11. The Bertz CT molecular complexity index is 410. The summed E-state index contributed by atoms with van der Waals surface area (Å²) in [6.07, 6.45) is 1.61. The maximum atomic E-state index is 7.34. The van der Waals surface area contributed by atoms with Crippen molar-refractivity contribution in [2.24, 2.45) is 5.73 Å². The van der Waals surface area contributed by atoms with Gasteiger partial charge in [0.2, 0.25) is 0 Å². The molecule has 19 heavy (non-hydrogen) atoms. The molecule has 0 spiro atoms. The summed E-state index contributed by atoms with van der Waals surface area (Å²) in [5.74, 6) is 0.657. The summed E-state index contributed by atoms with van der Waals surface area (Å²) >= 11 is 0. The van der Waals surface area contributed by atoms with E-state index in [0.29, 0.717) is 30.1 Å². The number of nitrogens with zero attached hydrogens (tertiary/aromatic N) is 2. The van der Waals surface area contributed by atoms with Crippen molar-refractivity contribution in [1.29, 1.82) is 5.41 Å². The van der Waals surface area contributed by atoms with E-state index in [4.69, 9.17) is 15.9 Å². The van der Waals surface area contributed by atoms with Gasteiger partial charge >= 0.3 is 0 Å². The third-order valence-electron chi connectivity index (χ3n) is 2.95. The largest absolute Gasteiger partial charge is 0.492 e. The molecule has 0 aliphatic heterocycles. The van der Waals surface area contributed by atoms with Gasteiger partial charge in [0.1, 0.15) is 23.9 Å². The summed E-state index contributed by atoms with van der Waals surface area (Å²) in [5, 5.41) is 7.34. The first-order valence-corrected chi connectivity index (χ1v) is 6.60. The molecule has 0 radical (unpaired) electrons. The van der Waals surface area contributed by atoms with E-state index in [1.807, 2.05) is 0 Å². The van der Waals surface area contributed by atoms with E-state index in [1.54, 1.807) is 18.3 Å².